The number of hydrogen-bond donors (Lipinski definition) is 0. The molecule has 0 aliphatic heterocycles. The number of halogens is 2. The average molecular weight is 296 g/mol. The number of pyridine rings is 1. The molecule has 2 rings (SSSR count). The van der Waals surface area contributed by atoms with E-state index in [1.807, 2.05) is 13.0 Å². The van der Waals surface area contributed by atoms with Crippen LogP contribution in [0.15, 0.2) is 41.0 Å². The highest BCUT2D eigenvalue weighted by molar-refractivity contribution is 9.10. The molecule has 0 saturated carbocycles. The van der Waals surface area contributed by atoms with E-state index in [1.165, 1.54) is 6.07 Å². The van der Waals surface area contributed by atoms with Crippen molar-refractivity contribution in [2.24, 2.45) is 0 Å². The van der Waals surface area contributed by atoms with Gasteiger partial charge in [0, 0.05) is 11.8 Å². The number of aryl methyl sites for hydroxylation is 1. The van der Waals surface area contributed by atoms with Crippen molar-refractivity contribution in [3.8, 4) is 5.88 Å². The first-order chi connectivity index (χ1) is 8.16. The lowest BCUT2D eigenvalue weighted by Gasteiger charge is -2.08. The summed E-state index contributed by atoms with van der Waals surface area (Å²) in [6, 6.07) is 8.44. The summed E-state index contributed by atoms with van der Waals surface area (Å²) in [7, 11) is 0. The van der Waals surface area contributed by atoms with Crippen LogP contribution in [0, 0.1) is 12.7 Å². The lowest BCUT2D eigenvalue weighted by Crippen LogP contribution is -2.00. The highest BCUT2D eigenvalue weighted by atomic mass is 79.9. The molecule has 0 saturated heterocycles. The Bertz CT molecular complexity index is 531. The quantitative estimate of drug-likeness (QED) is 0.857. The highest BCUT2D eigenvalue weighted by Crippen LogP contribution is 2.23. The first kappa shape index (κ1) is 12.0. The van der Waals surface area contributed by atoms with Gasteiger partial charge in [0.2, 0.25) is 5.88 Å². The summed E-state index contributed by atoms with van der Waals surface area (Å²) in [5.74, 6) is 0.203. The normalized spacial score (nSPS) is 10.3. The summed E-state index contributed by atoms with van der Waals surface area (Å²) in [5, 5.41) is 0. The van der Waals surface area contributed by atoms with Crippen LogP contribution >= 0.6 is 15.9 Å². The molecule has 1 heterocycles. The van der Waals surface area contributed by atoms with E-state index in [1.54, 1.807) is 24.4 Å². The number of aromatic nitrogens is 1. The van der Waals surface area contributed by atoms with Gasteiger partial charge in [-0.05, 0) is 40.5 Å². The summed E-state index contributed by atoms with van der Waals surface area (Å²) < 4.78 is 19.6. The third-order valence-electron chi connectivity index (χ3n) is 2.27. The molecule has 17 heavy (non-hydrogen) atoms. The topological polar surface area (TPSA) is 22.1 Å². The molecule has 4 heteroatoms. The molecule has 0 radical (unpaired) electrons. The molecule has 88 valence electrons. The van der Waals surface area contributed by atoms with Gasteiger partial charge in [0.1, 0.15) is 12.4 Å². The van der Waals surface area contributed by atoms with Crippen LogP contribution in [0.4, 0.5) is 4.39 Å². The Balaban J connectivity index is 2.10. The van der Waals surface area contributed by atoms with E-state index in [0.717, 1.165) is 10.0 Å². The molecule has 0 aliphatic rings. The Morgan fingerprint density at radius 3 is 2.82 bits per heavy atom. The molecule has 2 nitrogen and oxygen atoms in total. The van der Waals surface area contributed by atoms with Gasteiger partial charge >= 0.3 is 0 Å². The van der Waals surface area contributed by atoms with Crippen LogP contribution in [0.2, 0.25) is 0 Å². The Labute approximate surface area is 108 Å². The molecule has 0 atom stereocenters. The van der Waals surface area contributed by atoms with Gasteiger partial charge in [0.25, 0.3) is 0 Å². The van der Waals surface area contributed by atoms with Crippen molar-refractivity contribution in [1.82, 2.24) is 4.98 Å². The average Bonchev–Trinajstić information content (AvgIpc) is 2.30. The number of rotatable bonds is 3. The molecule has 0 spiro atoms. The van der Waals surface area contributed by atoms with Gasteiger partial charge in [-0.3, -0.25) is 0 Å². The van der Waals surface area contributed by atoms with E-state index in [4.69, 9.17) is 4.74 Å². The van der Waals surface area contributed by atoms with Crippen molar-refractivity contribution < 1.29 is 9.13 Å². The van der Waals surface area contributed by atoms with Crippen molar-refractivity contribution in [3.05, 3.63) is 57.9 Å². The van der Waals surface area contributed by atoms with Crippen molar-refractivity contribution >= 4 is 15.9 Å². The largest absolute Gasteiger partial charge is 0.472 e. The smallest absolute Gasteiger partial charge is 0.228 e. The van der Waals surface area contributed by atoms with Gasteiger partial charge in [0.15, 0.2) is 0 Å². The van der Waals surface area contributed by atoms with Crippen molar-refractivity contribution in [2.45, 2.75) is 13.5 Å². The fourth-order valence-corrected chi connectivity index (χ4v) is 1.97. The van der Waals surface area contributed by atoms with Crippen LogP contribution in [0.1, 0.15) is 11.1 Å². The zero-order valence-corrected chi connectivity index (χ0v) is 10.9. The highest BCUT2D eigenvalue weighted by Gasteiger charge is 2.05. The van der Waals surface area contributed by atoms with Gasteiger partial charge in [-0.25, -0.2) is 9.37 Å². The Hall–Kier alpha value is -1.42. The Morgan fingerprint density at radius 2 is 2.12 bits per heavy atom. The molecule has 0 amide bonds. The van der Waals surface area contributed by atoms with Crippen LogP contribution in [-0.2, 0) is 6.61 Å². The van der Waals surface area contributed by atoms with Gasteiger partial charge in [-0.1, -0.05) is 18.2 Å². The molecular weight excluding hydrogens is 285 g/mol. The predicted octanol–water partition coefficient (Wildman–Crippen LogP) is 3.87. The second-order valence-electron chi connectivity index (χ2n) is 3.68. The maximum Gasteiger partial charge on any atom is 0.228 e. The summed E-state index contributed by atoms with van der Waals surface area (Å²) in [5.41, 5.74) is 1.55. The Morgan fingerprint density at radius 1 is 1.35 bits per heavy atom. The monoisotopic (exact) mass is 295 g/mol. The van der Waals surface area contributed by atoms with Crippen molar-refractivity contribution in [2.75, 3.05) is 0 Å². The fraction of sp³-hybridized carbons (Fsp3) is 0.154. The van der Waals surface area contributed by atoms with Gasteiger partial charge in [-0.2, -0.15) is 0 Å². The van der Waals surface area contributed by atoms with E-state index in [9.17, 15) is 4.39 Å². The number of ether oxygens (including phenoxy) is 1. The third-order valence-corrected chi connectivity index (χ3v) is 2.83. The third kappa shape index (κ3) is 3.03. The Kier molecular flexibility index (Phi) is 3.74. The molecule has 2 aromatic rings. The van der Waals surface area contributed by atoms with E-state index < -0.39 is 0 Å². The van der Waals surface area contributed by atoms with Crippen LogP contribution < -0.4 is 4.74 Å². The minimum atomic E-state index is -0.268. The first-order valence-corrected chi connectivity index (χ1v) is 5.94. The summed E-state index contributed by atoms with van der Waals surface area (Å²) in [6.07, 6.45) is 1.71. The molecular formula is C13H11BrFNO. The minimum absolute atomic E-state index is 0.168. The van der Waals surface area contributed by atoms with E-state index in [-0.39, 0.29) is 12.4 Å². The second-order valence-corrected chi connectivity index (χ2v) is 4.53. The lowest BCUT2D eigenvalue weighted by molar-refractivity contribution is 0.286. The zero-order valence-electron chi connectivity index (χ0n) is 9.28. The molecule has 0 unspecified atom stereocenters. The van der Waals surface area contributed by atoms with Gasteiger partial charge < -0.3 is 4.74 Å². The zero-order chi connectivity index (χ0) is 12.3. The maximum absolute atomic E-state index is 13.3. The van der Waals surface area contributed by atoms with Gasteiger partial charge in [0.05, 0.1) is 4.47 Å². The molecule has 0 bridgehead atoms. The van der Waals surface area contributed by atoms with E-state index in [2.05, 4.69) is 20.9 Å². The number of benzene rings is 1. The lowest BCUT2D eigenvalue weighted by atomic mass is 10.2. The minimum Gasteiger partial charge on any atom is -0.472 e. The van der Waals surface area contributed by atoms with Crippen molar-refractivity contribution in [3.63, 3.8) is 0 Å². The molecule has 0 fully saturated rings. The standard InChI is InChI=1S/C13H11BrFNO/c1-9-6-11(14)13(16-7-9)17-8-10-4-2-3-5-12(10)15/h2-7H,8H2,1H3. The van der Waals surface area contributed by atoms with Crippen LogP contribution in [0.5, 0.6) is 5.88 Å². The molecule has 1 aromatic heterocycles. The van der Waals surface area contributed by atoms with E-state index >= 15 is 0 Å². The van der Waals surface area contributed by atoms with Crippen LogP contribution in [0.3, 0.4) is 0 Å². The second kappa shape index (κ2) is 5.27. The van der Waals surface area contributed by atoms with Gasteiger partial charge in [-0.15, -0.1) is 0 Å². The summed E-state index contributed by atoms with van der Waals surface area (Å²) in [4.78, 5) is 4.13. The van der Waals surface area contributed by atoms with Crippen molar-refractivity contribution in [1.29, 1.82) is 0 Å². The summed E-state index contributed by atoms with van der Waals surface area (Å²) >= 11 is 3.36. The number of nitrogens with zero attached hydrogens (tertiary/aromatic N) is 1. The van der Waals surface area contributed by atoms with Crippen LogP contribution in [0.25, 0.3) is 0 Å². The van der Waals surface area contributed by atoms with Crippen LogP contribution in [-0.4, -0.2) is 4.98 Å². The van der Waals surface area contributed by atoms with E-state index in [0.29, 0.717) is 11.4 Å². The number of hydrogen-bond acceptors (Lipinski definition) is 2. The maximum atomic E-state index is 13.3. The SMILES string of the molecule is Cc1cnc(OCc2ccccc2F)c(Br)c1. The fourth-order valence-electron chi connectivity index (χ4n) is 1.39. The molecule has 0 aliphatic carbocycles. The molecule has 0 N–H and O–H groups in total. The predicted molar refractivity (Wildman–Crippen MR) is 67.4 cm³/mol. The summed E-state index contributed by atoms with van der Waals surface area (Å²) in [6.45, 7) is 2.11. The first-order valence-electron chi connectivity index (χ1n) is 5.15. The molecule has 1 aromatic carbocycles.